The van der Waals surface area contributed by atoms with Gasteiger partial charge in [0.15, 0.2) is 0 Å². The van der Waals surface area contributed by atoms with Crippen molar-refractivity contribution in [2.45, 2.75) is 71.6 Å². The Labute approximate surface area is 223 Å². The van der Waals surface area contributed by atoms with E-state index in [1.165, 1.54) is 5.01 Å². The van der Waals surface area contributed by atoms with Crippen molar-refractivity contribution in [2.75, 3.05) is 6.54 Å². The number of allylic oxidation sites excluding steroid dienone is 1. The van der Waals surface area contributed by atoms with Crippen LogP contribution in [-0.4, -0.2) is 52.2 Å². The number of amides is 2. The number of nitrogens with one attached hydrogen (secondary N) is 2. The van der Waals surface area contributed by atoms with E-state index < -0.39 is 30.1 Å². The van der Waals surface area contributed by atoms with Gasteiger partial charge in [-0.2, -0.15) is 0 Å². The topological polar surface area (TPSA) is 118 Å². The number of hydrogen-bond acceptors (Lipinski definition) is 7. The number of cyclic esters (lactones) is 1. The maximum absolute atomic E-state index is 13.1. The fourth-order valence-electron chi connectivity index (χ4n) is 4.85. The highest BCUT2D eigenvalue weighted by molar-refractivity contribution is 5.91. The zero-order valence-corrected chi connectivity index (χ0v) is 22.4. The molecule has 0 spiro atoms. The second kappa shape index (κ2) is 11.9. The molecule has 1 aromatic carbocycles. The number of ether oxygens (including phenoxy) is 1. The van der Waals surface area contributed by atoms with E-state index in [0.717, 1.165) is 22.0 Å². The largest absolute Gasteiger partial charge is 0.457 e. The number of pyridine rings is 1. The van der Waals surface area contributed by atoms with Gasteiger partial charge in [0.25, 0.3) is 5.91 Å². The molecule has 9 heteroatoms. The second-order valence-electron chi connectivity index (χ2n) is 10.5. The predicted octanol–water partition coefficient (Wildman–Crippen LogP) is 3.49. The van der Waals surface area contributed by atoms with Crippen LogP contribution in [0.1, 0.15) is 70.6 Å². The first kappa shape index (κ1) is 27.4. The predicted molar refractivity (Wildman–Crippen MR) is 143 cm³/mol. The molecule has 9 nitrogen and oxygen atoms in total. The van der Waals surface area contributed by atoms with E-state index in [1.807, 2.05) is 51.1 Å². The van der Waals surface area contributed by atoms with Gasteiger partial charge in [-0.05, 0) is 61.9 Å². The fourth-order valence-corrected chi connectivity index (χ4v) is 4.85. The molecule has 2 aliphatic rings. The van der Waals surface area contributed by atoms with Crippen LogP contribution in [0.4, 0.5) is 0 Å². The number of nitrogens with zero attached hydrogens (tertiary/aromatic N) is 2. The zero-order chi connectivity index (χ0) is 27.4. The minimum absolute atomic E-state index is 0.0546. The summed E-state index contributed by atoms with van der Waals surface area (Å²) in [5, 5.41) is 5.05. The molecule has 2 amide bonds. The quantitative estimate of drug-likeness (QED) is 0.553. The van der Waals surface area contributed by atoms with Crippen LogP contribution in [0.25, 0.3) is 17.0 Å². The van der Waals surface area contributed by atoms with Crippen LogP contribution in [0.3, 0.4) is 0 Å². The Bertz CT molecular complexity index is 1260. The van der Waals surface area contributed by atoms with E-state index >= 15 is 0 Å². The van der Waals surface area contributed by atoms with Crippen LogP contribution in [0.5, 0.6) is 0 Å². The molecule has 3 heterocycles. The summed E-state index contributed by atoms with van der Waals surface area (Å²) < 4.78 is 5.77. The first-order valence-electron chi connectivity index (χ1n) is 13.3. The first-order chi connectivity index (χ1) is 18.1. The molecule has 1 saturated heterocycles. The van der Waals surface area contributed by atoms with E-state index in [-0.39, 0.29) is 36.4 Å². The number of carbonyl (C=O) groups is 4. The van der Waals surface area contributed by atoms with Gasteiger partial charge in [-0.15, -0.1) is 0 Å². The molecule has 0 saturated carbocycles. The number of benzene rings is 1. The summed E-state index contributed by atoms with van der Waals surface area (Å²) in [4.78, 5) is 56.4. The lowest BCUT2D eigenvalue weighted by Crippen LogP contribution is -2.59. The summed E-state index contributed by atoms with van der Waals surface area (Å²) >= 11 is 0. The third-order valence-electron chi connectivity index (χ3n) is 7.20. The minimum atomic E-state index is -0.820. The highest BCUT2D eigenvalue weighted by Crippen LogP contribution is 2.24. The molecule has 0 radical (unpaired) electrons. The molecule has 4 atom stereocenters. The first-order valence-corrected chi connectivity index (χ1v) is 13.3. The average molecular weight is 521 g/mol. The number of hydrazine groups is 1. The van der Waals surface area contributed by atoms with Gasteiger partial charge in [0.1, 0.15) is 24.0 Å². The van der Waals surface area contributed by atoms with Gasteiger partial charge in [0.2, 0.25) is 5.91 Å². The van der Waals surface area contributed by atoms with Gasteiger partial charge in [0.05, 0.1) is 5.52 Å². The molecular formula is C29H36N4O5. The van der Waals surface area contributed by atoms with Crippen molar-refractivity contribution < 1.29 is 23.9 Å². The highest BCUT2D eigenvalue weighted by atomic mass is 16.5. The number of hydrogen-bond donors (Lipinski definition) is 2. The van der Waals surface area contributed by atoms with Crippen LogP contribution >= 0.6 is 0 Å². The summed E-state index contributed by atoms with van der Waals surface area (Å²) in [5.74, 6) is -1.81. The average Bonchev–Trinajstić information content (AvgIpc) is 2.90. The van der Waals surface area contributed by atoms with E-state index in [2.05, 4.69) is 15.7 Å². The van der Waals surface area contributed by atoms with Crippen LogP contribution < -0.4 is 10.7 Å². The maximum Gasteiger partial charge on any atom is 0.325 e. The Balaban J connectivity index is 1.64. The van der Waals surface area contributed by atoms with E-state index in [1.54, 1.807) is 19.2 Å². The third kappa shape index (κ3) is 6.45. The van der Waals surface area contributed by atoms with Crippen LogP contribution in [-0.2, 0) is 23.9 Å². The lowest BCUT2D eigenvalue weighted by atomic mass is 9.89. The van der Waals surface area contributed by atoms with Crippen LogP contribution in [0.2, 0.25) is 0 Å². The smallest absolute Gasteiger partial charge is 0.325 e. The minimum Gasteiger partial charge on any atom is -0.457 e. The Morgan fingerprint density at radius 3 is 2.66 bits per heavy atom. The van der Waals surface area contributed by atoms with Crippen LogP contribution in [0, 0.1) is 11.8 Å². The van der Waals surface area contributed by atoms with Gasteiger partial charge >= 0.3 is 5.97 Å². The summed E-state index contributed by atoms with van der Waals surface area (Å²) in [6.07, 6.45) is 6.29. The van der Waals surface area contributed by atoms with Crippen molar-refractivity contribution in [1.29, 1.82) is 0 Å². The van der Waals surface area contributed by atoms with Crippen molar-refractivity contribution in [1.82, 2.24) is 20.7 Å². The lowest BCUT2D eigenvalue weighted by molar-refractivity contribution is -0.157. The Kier molecular flexibility index (Phi) is 8.56. The Morgan fingerprint density at radius 1 is 1.11 bits per heavy atom. The van der Waals surface area contributed by atoms with Crippen molar-refractivity contribution in [3.8, 4) is 0 Å². The Hall–Kier alpha value is -3.59. The van der Waals surface area contributed by atoms with Gasteiger partial charge in [-0.3, -0.25) is 29.2 Å². The number of Topliss-reactive ketones (excluding diaryl/α,β-unsaturated/α-hetero) is 1. The summed E-state index contributed by atoms with van der Waals surface area (Å²) in [5.41, 5.74) is 5.47. The molecule has 1 aromatic heterocycles. The zero-order valence-electron chi connectivity index (χ0n) is 22.4. The molecule has 202 valence electrons. The van der Waals surface area contributed by atoms with E-state index in [4.69, 9.17) is 4.74 Å². The number of esters is 1. The third-order valence-corrected chi connectivity index (χ3v) is 7.20. The van der Waals surface area contributed by atoms with Gasteiger partial charge in [0, 0.05) is 36.9 Å². The number of fused-ring (bicyclic) bond motifs is 4. The maximum atomic E-state index is 13.1. The van der Waals surface area contributed by atoms with Crippen molar-refractivity contribution in [3.63, 3.8) is 0 Å². The Morgan fingerprint density at radius 2 is 1.89 bits per heavy atom. The normalized spacial score (nSPS) is 26.8. The fraction of sp³-hybridized carbons (Fsp3) is 0.483. The summed E-state index contributed by atoms with van der Waals surface area (Å²) in [6.45, 7) is 7.61. The van der Waals surface area contributed by atoms with Gasteiger partial charge in [-0.25, -0.2) is 5.43 Å². The molecular weight excluding hydrogens is 484 g/mol. The van der Waals surface area contributed by atoms with Gasteiger partial charge in [-0.1, -0.05) is 32.1 Å². The molecule has 5 bridgehead atoms. The SMILES string of the molecule is CC(C)[C@@H]1CC(=O)C/C=C/c2cnc3ccc(cc3c2)[C@@H](C)OC(=O)[C@@H]2CCCN(N2)C(=O)[C@H](C)NC1=O. The van der Waals surface area contributed by atoms with Crippen molar-refractivity contribution >= 4 is 40.5 Å². The van der Waals surface area contributed by atoms with Crippen molar-refractivity contribution in [3.05, 3.63) is 47.7 Å². The van der Waals surface area contributed by atoms with E-state index in [0.29, 0.717) is 19.4 Å². The van der Waals surface area contributed by atoms with Crippen molar-refractivity contribution in [2.24, 2.45) is 11.8 Å². The van der Waals surface area contributed by atoms with Crippen LogP contribution in [0.15, 0.2) is 36.5 Å². The molecule has 1 fully saturated rings. The van der Waals surface area contributed by atoms with E-state index in [9.17, 15) is 19.2 Å². The lowest BCUT2D eigenvalue weighted by Gasteiger charge is -2.35. The molecule has 38 heavy (non-hydrogen) atoms. The number of carbonyl (C=O) groups excluding carboxylic acids is 4. The standard InChI is InChI=1S/C29H36N4O5/c1-17(2)24-15-23(34)8-5-7-20-13-22-14-21(10-11-25(22)30-16-20)19(4)38-29(37)26-9-6-12-33(32-26)28(36)18(3)31-27(24)35/h5,7,10-11,13-14,16-19,24,26,32H,6,8-9,12,15H2,1-4H3,(H,31,35)/b7-5+/t18-,19+,24-,26-/m0/s1. The molecule has 0 aliphatic carbocycles. The number of aromatic nitrogens is 1. The highest BCUT2D eigenvalue weighted by Gasteiger charge is 2.33. The molecule has 2 N–H and O–H groups in total. The summed E-state index contributed by atoms with van der Waals surface area (Å²) in [7, 11) is 0. The monoisotopic (exact) mass is 520 g/mol. The second-order valence-corrected chi connectivity index (χ2v) is 10.5. The number of ketones is 1. The van der Waals surface area contributed by atoms with Gasteiger partial charge < -0.3 is 10.1 Å². The molecule has 2 aliphatic heterocycles. The molecule has 2 aromatic rings. The molecule has 4 rings (SSSR count). The number of rotatable bonds is 1. The molecule has 0 unspecified atom stereocenters. The summed E-state index contributed by atoms with van der Waals surface area (Å²) in [6, 6.07) is 6.20.